The molecule has 0 aliphatic carbocycles. The fourth-order valence-corrected chi connectivity index (χ4v) is 1.62. The Morgan fingerprint density at radius 3 is 2.27 bits per heavy atom. The molecule has 0 spiro atoms. The van der Waals surface area contributed by atoms with E-state index in [1.54, 1.807) is 6.92 Å². The number of ketones is 1. The molecule has 0 amide bonds. The smallest absolute Gasteiger partial charge is 0.150 e. The molecule has 0 saturated carbocycles. The molecule has 0 N–H and O–H groups in total. The van der Waals surface area contributed by atoms with Crippen LogP contribution in [0.2, 0.25) is 0 Å². The van der Waals surface area contributed by atoms with Gasteiger partial charge in [-0.25, -0.2) is 8.78 Å². The summed E-state index contributed by atoms with van der Waals surface area (Å²) in [4.78, 5) is 10.9. The quantitative estimate of drug-likeness (QED) is 0.767. The van der Waals surface area contributed by atoms with Crippen molar-refractivity contribution < 1.29 is 13.6 Å². The molecule has 0 saturated heterocycles. The van der Waals surface area contributed by atoms with Gasteiger partial charge in [0.05, 0.1) is 4.83 Å². The number of rotatable bonds is 3. The highest BCUT2D eigenvalue weighted by atomic mass is 79.9. The van der Waals surface area contributed by atoms with Crippen molar-refractivity contribution in [1.82, 2.24) is 0 Å². The normalized spacial score (nSPS) is 12.6. The second-order valence-electron chi connectivity index (χ2n) is 3.11. The van der Waals surface area contributed by atoms with Gasteiger partial charge in [0.1, 0.15) is 11.6 Å². The molecule has 1 atom stereocenters. The third-order valence-corrected chi connectivity index (χ3v) is 2.87. The number of alkyl halides is 1. The van der Waals surface area contributed by atoms with E-state index >= 15 is 0 Å². The predicted molar refractivity (Wildman–Crippen MR) is 61.2 cm³/mol. The molecule has 1 aromatic rings. The molecule has 15 heavy (non-hydrogen) atoms. The summed E-state index contributed by atoms with van der Waals surface area (Å²) in [6, 6.07) is 2.29. The van der Waals surface area contributed by atoms with E-state index in [9.17, 15) is 13.6 Å². The van der Waals surface area contributed by atoms with Gasteiger partial charge >= 0.3 is 0 Å². The van der Waals surface area contributed by atoms with Crippen molar-refractivity contribution in [2.75, 3.05) is 0 Å². The van der Waals surface area contributed by atoms with E-state index in [4.69, 9.17) is 0 Å². The third kappa shape index (κ3) is 3.34. The van der Waals surface area contributed by atoms with Gasteiger partial charge in [-0.15, -0.1) is 0 Å². The Morgan fingerprint density at radius 1 is 1.40 bits per heavy atom. The lowest BCUT2D eigenvalue weighted by atomic mass is 10.1. The fraction of sp³-hybridized carbons (Fsp3) is 0.300. The van der Waals surface area contributed by atoms with Crippen molar-refractivity contribution in [3.63, 3.8) is 0 Å². The number of carbonyl (C=O) groups is 1. The molecular formula is C10H8Br2F2O. The molecule has 82 valence electrons. The minimum Gasteiger partial charge on any atom is -0.298 e. The standard InChI is InChI=1S/C10H8Br2F2O/c1-5(11)10(15)4-7-8(13)2-6(12)3-9(7)14/h2-3,5H,4H2,1H3. The predicted octanol–water partition coefficient (Wildman–Crippen LogP) is 3.62. The Kier molecular flexibility index (Phi) is 4.40. The van der Waals surface area contributed by atoms with Crippen LogP contribution in [0.15, 0.2) is 16.6 Å². The summed E-state index contributed by atoms with van der Waals surface area (Å²) < 4.78 is 26.9. The molecule has 5 heteroatoms. The van der Waals surface area contributed by atoms with E-state index in [1.807, 2.05) is 0 Å². The lowest BCUT2D eigenvalue weighted by molar-refractivity contribution is -0.117. The maximum Gasteiger partial charge on any atom is 0.150 e. The molecule has 1 unspecified atom stereocenters. The van der Waals surface area contributed by atoms with Crippen molar-refractivity contribution >= 4 is 37.6 Å². The van der Waals surface area contributed by atoms with Crippen molar-refractivity contribution in [2.45, 2.75) is 18.2 Å². The van der Waals surface area contributed by atoms with Crippen LogP contribution in [-0.2, 0) is 11.2 Å². The second kappa shape index (κ2) is 5.16. The molecule has 0 aromatic heterocycles. The van der Waals surface area contributed by atoms with Crippen molar-refractivity contribution in [2.24, 2.45) is 0 Å². The van der Waals surface area contributed by atoms with Crippen LogP contribution in [0.25, 0.3) is 0 Å². The van der Waals surface area contributed by atoms with Gasteiger partial charge in [-0.2, -0.15) is 0 Å². The van der Waals surface area contributed by atoms with Crippen molar-refractivity contribution in [3.05, 3.63) is 33.8 Å². The van der Waals surface area contributed by atoms with Crippen LogP contribution in [0.1, 0.15) is 12.5 Å². The van der Waals surface area contributed by atoms with Crippen LogP contribution < -0.4 is 0 Å². The highest BCUT2D eigenvalue weighted by molar-refractivity contribution is 9.10. The van der Waals surface area contributed by atoms with Crippen LogP contribution in [0.5, 0.6) is 0 Å². The molecule has 0 aliphatic heterocycles. The Hall–Kier alpha value is -0.290. The molecular weight excluding hydrogens is 334 g/mol. The topological polar surface area (TPSA) is 17.1 Å². The maximum absolute atomic E-state index is 13.3. The summed E-state index contributed by atoms with van der Waals surface area (Å²) in [5, 5.41) is 0. The first-order valence-electron chi connectivity index (χ1n) is 4.22. The minimum absolute atomic E-state index is 0.186. The van der Waals surface area contributed by atoms with Crippen LogP contribution in [-0.4, -0.2) is 10.6 Å². The minimum atomic E-state index is -0.705. The zero-order valence-electron chi connectivity index (χ0n) is 7.86. The first kappa shape index (κ1) is 12.8. The number of hydrogen-bond acceptors (Lipinski definition) is 1. The van der Waals surface area contributed by atoms with E-state index in [-0.39, 0.29) is 17.8 Å². The van der Waals surface area contributed by atoms with Crippen LogP contribution in [0, 0.1) is 11.6 Å². The first-order chi connectivity index (χ1) is 6.91. The van der Waals surface area contributed by atoms with E-state index in [0.717, 1.165) is 12.1 Å². The molecule has 1 nitrogen and oxygen atoms in total. The van der Waals surface area contributed by atoms with E-state index < -0.39 is 16.5 Å². The molecule has 1 aromatic carbocycles. The summed E-state index contributed by atoms with van der Waals surface area (Å²) in [6.45, 7) is 1.62. The Balaban J connectivity index is 3.00. The summed E-state index contributed by atoms with van der Waals surface area (Å²) in [5.74, 6) is -1.66. The molecule has 0 aliphatic rings. The highest BCUT2D eigenvalue weighted by Gasteiger charge is 2.16. The van der Waals surface area contributed by atoms with E-state index in [2.05, 4.69) is 31.9 Å². The third-order valence-electron chi connectivity index (χ3n) is 1.90. The maximum atomic E-state index is 13.3. The Morgan fingerprint density at radius 2 is 1.87 bits per heavy atom. The number of carbonyl (C=O) groups excluding carboxylic acids is 1. The summed E-state index contributed by atoms with van der Waals surface area (Å²) in [5.41, 5.74) is -0.186. The van der Waals surface area contributed by atoms with Gasteiger partial charge in [0.25, 0.3) is 0 Å². The van der Waals surface area contributed by atoms with Gasteiger partial charge in [-0.05, 0) is 19.1 Å². The highest BCUT2D eigenvalue weighted by Crippen LogP contribution is 2.20. The largest absolute Gasteiger partial charge is 0.298 e. The van der Waals surface area contributed by atoms with Gasteiger partial charge < -0.3 is 0 Å². The van der Waals surface area contributed by atoms with E-state index in [1.165, 1.54) is 0 Å². The molecule has 1 rings (SSSR count). The molecule has 0 fully saturated rings. The Bertz CT molecular complexity index is 368. The number of halogens is 4. The van der Waals surface area contributed by atoms with Crippen LogP contribution in [0.4, 0.5) is 8.78 Å². The lowest BCUT2D eigenvalue weighted by Gasteiger charge is -2.06. The van der Waals surface area contributed by atoms with Crippen molar-refractivity contribution in [1.29, 1.82) is 0 Å². The number of benzene rings is 1. The molecule has 0 radical (unpaired) electrons. The number of hydrogen-bond donors (Lipinski definition) is 0. The zero-order valence-corrected chi connectivity index (χ0v) is 11.0. The van der Waals surface area contributed by atoms with Gasteiger partial charge in [-0.3, -0.25) is 4.79 Å². The average molecular weight is 342 g/mol. The van der Waals surface area contributed by atoms with Crippen molar-refractivity contribution in [3.8, 4) is 0 Å². The second-order valence-corrected chi connectivity index (χ2v) is 5.40. The van der Waals surface area contributed by atoms with Gasteiger partial charge in [0.2, 0.25) is 0 Å². The van der Waals surface area contributed by atoms with E-state index in [0.29, 0.717) is 4.47 Å². The molecule has 0 bridgehead atoms. The van der Waals surface area contributed by atoms with Gasteiger partial charge in [0, 0.05) is 16.5 Å². The summed E-state index contributed by atoms with van der Waals surface area (Å²) in [6.07, 6.45) is -0.239. The van der Waals surface area contributed by atoms with Gasteiger partial charge in [0.15, 0.2) is 5.78 Å². The molecule has 0 heterocycles. The fourth-order valence-electron chi connectivity index (χ4n) is 1.06. The monoisotopic (exact) mass is 340 g/mol. The van der Waals surface area contributed by atoms with Gasteiger partial charge in [-0.1, -0.05) is 31.9 Å². The average Bonchev–Trinajstić information content (AvgIpc) is 2.10. The SMILES string of the molecule is CC(Br)C(=O)Cc1c(F)cc(Br)cc1F. The summed E-state index contributed by atoms with van der Waals surface area (Å²) >= 11 is 6.03. The Labute approximate surface area is 103 Å². The lowest BCUT2D eigenvalue weighted by Crippen LogP contribution is -2.14. The number of Topliss-reactive ketones (excluding diaryl/α,β-unsaturated/α-hetero) is 1. The summed E-state index contributed by atoms with van der Waals surface area (Å²) in [7, 11) is 0. The zero-order chi connectivity index (χ0) is 11.6. The van der Waals surface area contributed by atoms with Crippen LogP contribution >= 0.6 is 31.9 Å². The van der Waals surface area contributed by atoms with Crippen LogP contribution in [0.3, 0.4) is 0 Å². The first-order valence-corrected chi connectivity index (χ1v) is 5.93.